The van der Waals surface area contributed by atoms with Gasteiger partial charge in [-0.05, 0) is 50.5 Å². The van der Waals surface area contributed by atoms with E-state index in [9.17, 15) is 27.6 Å². The van der Waals surface area contributed by atoms with Crippen LogP contribution in [0, 0.1) is 11.8 Å². The molecule has 216 valence electrons. The lowest BCUT2D eigenvalue weighted by atomic mass is 9.90. The number of allylic oxidation sites excluding steroid dienone is 3. The molecule has 0 aliphatic heterocycles. The first-order valence-corrected chi connectivity index (χ1v) is 13.5. The number of carboxylic acids is 1. The minimum absolute atomic E-state index is 0.0825. The average molecular weight is 553 g/mol. The predicted molar refractivity (Wildman–Crippen MR) is 141 cm³/mol. The van der Waals surface area contributed by atoms with Gasteiger partial charge in [-0.1, -0.05) is 68.3 Å². The van der Waals surface area contributed by atoms with Gasteiger partial charge in [-0.2, -0.15) is 13.2 Å². The Balaban J connectivity index is 2.19. The van der Waals surface area contributed by atoms with E-state index in [1.165, 1.54) is 24.3 Å². The number of ketones is 1. The van der Waals surface area contributed by atoms with Crippen molar-refractivity contribution < 1.29 is 42.1 Å². The maximum atomic E-state index is 14.3. The molecule has 1 aromatic rings. The third-order valence-electron chi connectivity index (χ3n) is 7.07. The topological polar surface area (TPSA) is 89.9 Å². The van der Waals surface area contributed by atoms with E-state index in [1.807, 2.05) is 19.1 Å². The molecule has 0 radical (unpaired) electrons. The van der Waals surface area contributed by atoms with E-state index >= 15 is 0 Å². The van der Waals surface area contributed by atoms with Crippen LogP contribution < -0.4 is 0 Å². The molecule has 1 aliphatic rings. The molecule has 0 amide bonds. The number of aliphatic carboxylic acids is 1. The zero-order valence-electron chi connectivity index (χ0n) is 22.6. The Morgan fingerprint density at radius 2 is 1.85 bits per heavy atom. The van der Waals surface area contributed by atoms with Crippen LogP contribution in [0.1, 0.15) is 76.7 Å². The highest BCUT2D eigenvalue weighted by molar-refractivity contribution is 5.84. The summed E-state index contributed by atoms with van der Waals surface area (Å²) >= 11 is 0. The molecule has 4 atom stereocenters. The highest BCUT2D eigenvalue weighted by Crippen LogP contribution is 2.43. The SMILES string of the molecule is CCCCC[C@@H](/C=C/[C@H]1CCC(=O)[C@@H]1C/C=C\CCCC(=O)O)OC(=O)[C@](OC)(c1ccccc1)C(F)(F)F. The first-order chi connectivity index (χ1) is 18.6. The maximum absolute atomic E-state index is 14.3. The van der Waals surface area contributed by atoms with Gasteiger partial charge in [0.2, 0.25) is 0 Å². The second-order valence-corrected chi connectivity index (χ2v) is 9.84. The van der Waals surface area contributed by atoms with Crippen LogP contribution in [0.5, 0.6) is 0 Å². The monoisotopic (exact) mass is 552 g/mol. The molecule has 0 aromatic heterocycles. The van der Waals surface area contributed by atoms with Gasteiger partial charge < -0.3 is 14.6 Å². The van der Waals surface area contributed by atoms with E-state index in [4.69, 9.17) is 14.6 Å². The fourth-order valence-electron chi connectivity index (χ4n) is 4.87. The van der Waals surface area contributed by atoms with E-state index in [2.05, 4.69) is 0 Å². The third kappa shape index (κ3) is 9.05. The molecule has 0 spiro atoms. The van der Waals surface area contributed by atoms with Crippen LogP contribution in [-0.4, -0.2) is 42.2 Å². The summed E-state index contributed by atoms with van der Waals surface area (Å²) in [5, 5.41) is 8.72. The van der Waals surface area contributed by atoms with Crippen LogP contribution >= 0.6 is 0 Å². The highest BCUT2D eigenvalue weighted by atomic mass is 19.4. The second-order valence-electron chi connectivity index (χ2n) is 9.84. The number of halogens is 3. The maximum Gasteiger partial charge on any atom is 0.432 e. The zero-order chi connectivity index (χ0) is 28.9. The van der Waals surface area contributed by atoms with Gasteiger partial charge in [0.25, 0.3) is 5.60 Å². The van der Waals surface area contributed by atoms with Crippen LogP contribution in [-0.2, 0) is 29.5 Å². The zero-order valence-corrected chi connectivity index (χ0v) is 22.6. The fraction of sp³-hybridized carbons (Fsp3) is 0.567. The van der Waals surface area contributed by atoms with E-state index in [0.29, 0.717) is 44.9 Å². The van der Waals surface area contributed by atoms with Gasteiger partial charge in [-0.3, -0.25) is 9.59 Å². The number of ether oxygens (including phenoxy) is 2. The first kappa shape index (κ1) is 32.3. The number of carbonyl (C=O) groups excluding carboxylic acids is 2. The number of rotatable bonds is 16. The number of hydrogen-bond donors (Lipinski definition) is 1. The molecular weight excluding hydrogens is 513 g/mol. The van der Waals surface area contributed by atoms with Crippen LogP contribution in [0.25, 0.3) is 0 Å². The van der Waals surface area contributed by atoms with Crippen molar-refractivity contribution in [3.8, 4) is 0 Å². The summed E-state index contributed by atoms with van der Waals surface area (Å²) in [6, 6.07) is 6.72. The van der Waals surface area contributed by atoms with Gasteiger partial charge in [0.1, 0.15) is 11.9 Å². The molecule has 2 rings (SSSR count). The second kappa shape index (κ2) is 15.6. The number of methoxy groups -OCH3 is 1. The molecule has 1 N–H and O–H groups in total. The number of unbranched alkanes of at least 4 members (excludes halogenated alkanes) is 3. The van der Waals surface area contributed by atoms with Gasteiger partial charge in [0.05, 0.1) is 0 Å². The minimum Gasteiger partial charge on any atom is -0.481 e. The molecule has 1 saturated carbocycles. The summed E-state index contributed by atoms with van der Waals surface area (Å²) < 4.78 is 53.3. The summed E-state index contributed by atoms with van der Waals surface area (Å²) in [5.41, 5.74) is -3.62. The number of carboxylic acid groups (broad SMARTS) is 1. The molecular formula is C30H39F3O6. The van der Waals surface area contributed by atoms with E-state index in [-0.39, 0.29) is 29.6 Å². The number of hydrogen-bond acceptors (Lipinski definition) is 5. The Hall–Kier alpha value is -2.94. The molecule has 0 unspecified atom stereocenters. The van der Waals surface area contributed by atoms with Crippen LogP contribution in [0.2, 0.25) is 0 Å². The van der Waals surface area contributed by atoms with Crippen molar-refractivity contribution in [3.63, 3.8) is 0 Å². The van der Waals surface area contributed by atoms with Crippen LogP contribution in [0.15, 0.2) is 54.6 Å². The van der Waals surface area contributed by atoms with Crippen molar-refractivity contribution >= 4 is 17.7 Å². The van der Waals surface area contributed by atoms with Crippen molar-refractivity contribution in [2.24, 2.45) is 11.8 Å². The largest absolute Gasteiger partial charge is 0.481 e. The summed E-state index contributed by atoms with van der Waals surface area (Å²) in [6.45, 7) is 2.00. The van der Waals surface area contributed by atoms with Crippen LogP contribution in [0.4, 0.5) is 13.2 Å². The third-order valence-corrected chi connectivity index (χ3v) is 7.07. The van der Waals surface area contributed by atoms with E-state index in [1.54, 1.807) is 18.2 Å². The standard InChI is InChI=1S/C30H39F3O6/c1-3-4-8-15-24(39-28(37)29(38-2,30(31,32)33)23-13-9-7-10-14-23)20-18-22-19-21-26(34)25(22)16-11-5-6-12-17-27(35)36/h5,7,9-11,13-14,18,20,22,24-25H,3-4,6,8,12,15-17,19,21H2,1-2H3,(H,35,36)/b11-5-,20-18+/t22-,24-,25+,29+/m0/s1. The predicted octanol–water partition coefficient (Wildman–Crippen LogP) is 6.94. The van der Waals surface area contributed by atoms with Crippen molar-refractivity contribution in [1.29, 1.82) is 0 Å². The lowest BCUT2D eigenvalue weighted by Crippen LogP contribution is -2.52. The van der Waals surface area contributed by atoms with Crippen molar-refractivity contribution in [1.82, 2.24) is 0 Å². The molecule has 1 aromatic carbocycles. The minimum atomic E-state index is -5.06. The number of esters is 1. The number of carbonyl (C=O) groups is 3. The summed E-state index contributed by atoms with van der Waals surface area (Å²) in [7, 11) is 0.841. The number of benzene rings is 1. The first-order valence-electron chi connectivity index (χ1n) is 13.5. The smallest absolute Gasteiger partial charge is 0.432 e. The Morgan fingerprint density at radius 1 is 1.13 bits per heavy atom. The van der Waals surface area contributed by atoms with Gasteiger partial charge >= 0.3 is 18.1 Å². The van der Waals surface area contributed by atoms with Crippen LogP contribution in [0.3, 0.4) is 0 Å². The Labute approximate surface area is 228 Å². The average Bonchev–Trinajstić information content (AvgIpc) is 3.24. The van der Waals surface area contributed by atoms with Gasteiger partial charge in [-0.15, -0.1) is 0 Å². The molecule has 1 aliphatic carbocycles. The quantitative estimate of drug-likeness (QED) is 0.136. The van der Waals surface area contributed by atoms with Crippen molar-refractivity contribution in [3.05, 3.63) is 60.2 Å². The molecule has 39 heavy (non-hydrogen) atoms. The molecule has 6 nitrogen and oxygen atoms in total. The lowest BCUT2D eigenvalue weighted by molar-refractivity contribution is -0.277. The van der Waals surface area contributed by atoms with Crippen molar-refractivity contribution in [2.75, 3.05) is 7.11 Å². The summed E-state index contributed by atoms with van der Waals surface area (Å²) in [5.74, 6) is -2.67. The van der Waals surface area contributed by atoms with Crippen molar-refractivity contribution in [2.45, 2.75) is 89.0 Å². The lowest BCUT2D eigenvalue weighted by Gasteiger charge is -2.33. The van der Waals surface area contributed by atoms with Gasteiger partial charge in [-0.25, -0.2) is 4.79 Å². The van der Waals surface area contributed by atoms with Gasteiger partial charge in [0.15, 0.2) is 0 Å². The Bertz CT molecular complexity index is 988. The number of Topliss-reactive ketones (excluding diaryl/α,β-unsaturated/α-hetero) is 1. The summed E-state index contributed by atoms with van der Waals surface area (Å²) in [4.78, 5) is 36.3. The van der Waals surface area contributed by atoms with E-state index in [0.717, 1.165) is 20.0 Å². The molecule has 0 heterocycles. The normalized spacial score (nSPS) is 20.4. The fourth-order valence-corrected chi connectivity index (χ4v) is 4.87. The highest BCUT2D eigenvalue weighted by Gasteiger charge is 2.64. The Morgan fingerprint density at radius 3 is 2.46 bits per heavy atom. The molecule has 9 heteroatoms. The molecule has 1 fully saturated rings. The van der Waals surface area contributed by atoms with E-state index < -0.39 is 29.8 Å². The Kier molecular flexibility index (Phi) is 12.9. The molecule has 0 bridgehead atoms. The molecule has 0 saturated heterocycles. The summed E-state index contributed by atoms with van der Waals surface area (Å²) in [6.07, 6.45) is 6.61. The number of alkyl halides is 3. The van der Waals surface area contributed by atoms with Gasteiger partial charge in [0, 0.05) is 31.4 Å².